The van der Waals surface area contributed by atoms with Crippen molar-refractivity contribution in [1.29, 1.82) is 0 Å². The molecule has 2 heterocycles. The monoisotopic (exact) mass is 374 g/mol. The van der Waals surface area contributed by atoms with E-state index >= 15 is 0 Å². The van der Waals surface area contributed by atoms with Crippen LogP contribution < -0.4 is 4.90 Å². The van der Waals surface area contributed by atoms with Crippen molar-refractivity contribution in [1.82, 2.24) is 4.90 Å². The maximum Gasteiger partial charge on any atom is 0.417 e. The summed E-state index contributed by atoms with van der Waals surface area (Å²) in [6.07, 6.45) is -4.48. The van der Waals surface area contributed by atoms with Gasteiger partial charge in [0.1, 0.15) is 0 Å². The molecule has 0 radical (unpaired) electrons. The van der Waals surface area contributed by atoms with Gasteiger partial charge in [-0.25, -0.2) is 0 Å². The van der Waals surface area contributed by atoms with Crippen LogP contribution in [0.3, 0.4) is 0 Å². The first kappa shape index (κ1) is 17.1. The van der Waals surface area contributed by atoms with Gasteiger partial charge in [-0.3, -0.25) is 4.79 Å². The lowest BCUT2D eigenvalue weighted by Crippen LogP contribution is -2.48. The average Bonchev–Trinajstić information content (AvgIpc) is 3.08. The first-order valence-electron chi connectivity index (χ1n) is 7.31. The van der Waals surface area contributed by atoms with Crippen LogP contribution in [0, 0.1) is 0 Å². The maximum atomic E-state index is 13.0. The highest BCUT2D eigenvalue weighted by molar-refractivity contribution is 7.12. The van der Waals surface area contributed by atoms with Crippen molar-refractivity contribution in [3.8, 4) is 0 Å². The van der Waals surface area contributed by atoms with Gasteiger partial charge in [-0.1, -0.05) is 17.7 Å². The number of thiophene rings is 1. The summed E-state index contributed by atoms with van der Waals surface area (Å²) in [6.45, 7) is 1.91. The number of nitrogens with zero attached hydrogens (tertiary/aromatic N) is 2. The van der Waals surface area contributed by atoms with Crippen LogP contribution in [0.25, 0.3) is 0 Å². The molecule has 1 fully saturated rings. The Morgan fingerprint density at radius 2 is 1.83 bits per heavy atom. The van der Waals surface area contributed by atoms with E-state index < -0.39 is 11.7 Å². The lowest BCUT2D eigenvalue weighted by atomic mass is 10.1. The second-order valence-electron chi connectivity index (χ2n) is 5.42. The molecule has 0 saturated carbocycles. The van der Waals surface area contributed by atoms with E-state index in [0.29, 0.717) is 36.7 Å². The van der Waals surface area contributed by atoms with Crippen LogP contribution in [0.2, 0.25) is 5.02 Å². The number of carbonyl (C=O) groups is 1. The van der Waals surface area contributed by atoms with E-state index in [1.54, 1.807) is 17.0 Å². The van der Waals surface area contributed by atoms with Gasteiger partial charge >= 0.3 is 6.18 Å². The fraction of sp³-hybridized carbons (Fsp3) is 0.312. The van der Waals surface area contributed by atoms with E-state index in [-0.39, 0.29) is 10.9 Å². The van der Waals surface area contributed by atoms with Gasteiger partial charge in [0.2, 0.25) is 0 Å². The number of amides is 1. The van der Waals surface area contributed by atoms with Crippen molar-refractivity contribution in [2.45, 2.75) is 6.18 Å². The Bertz CT molecular complexity index is 725. The Kier molecular flexibility index (Phi) is 4.73. The molecule has 1 amide bonds. The number of halogens is 4. The number of alkyl halides is 3. The fourth-order valence-corrected chi connectivity index (χ4v) is 3.57. The maximum absolute atomic E-state index is 13.0. The molecule has 1 aromatic heterocycles. The normalized spacial score (nSPS) is 15.7. The lowest BCUT2D eigenvalue weighted by molar-refractivity contribution is -0.137. The van der Waals surface area contributed by atoms with Gasteiger partial charge in [0.25, 0.3) is 5.91 Å². The number of piperazine rings is 1. The Morgan fingerprint density at radius 1 is 1.12 bits per heavy atom. The molecule has 0 aliphatic carbocycles. The number of carbonyl (C=O) groups excluding carboxylic acids is 1. The van der Waals surface area contributed by atoms with Crippen molar-refractivity contribution in [3.05, 3.63) is 51.2 Å². The number of benzene rings is 1. The standard InChI is InChI=1S/C16H14ClF3N2OS/c17-13-4-3-11(10-12(13)16(18,19)20)21-5-7-22(8-6-21)15(23)14-2-1-9-24-14/h1-4,9-10H,5-8H2. The highest BCUT2D eigenvalue weighted by Gasteiger charge is 2.34. The van der Waals surface area contributed by atoms with Crippen molar-refractivity contribution in [3.63, 3.8) is 0 Å². The molecule has 1 aromatic carbocycles. The van der Waals surface area contributed by atoms with Gasteiger partial charge in [0.15, 0.2) is 0 Å². The van der Waals surface area contributed by atoms with E-state index in [4.69, 9.17) is 11.6 Å². The van der Waals surface area contributed by atoms with Crippen molar-refractivity contribution >= 4 is 34.5 Å². The average molecular weight is 375 g/mol. The third kappa shape index (κ3) is 3.52. The molecule has 128 valence electrons. The molecule has 1 aliphatic heterocycles. The smallest absolute Gasteiger partial charge is 0.368 e. The number of hydrogen-bond acceptors (Lipinski definition) is 3. The quantitative estimate of drug-likeness (QED) is 0.778. The predicted octanol–water partition coefficient (Wildman–Crippen LogP) is 4.38. The molecular weight excluding hydrogens is 361 g/mol. The Balaban J connectivity index is 1.70. The van der Waals surface area contributed by atoms with Crippen LogP contribution in [-0.4, -0.2) is 37.0 Å². The molecule has 0 atom stereocenters. The summed E-state index contributed by atoms with van der Waals surface area (Å²) >= 11 is 7.03. The zero-order chi connectivity index (χ0) is 17.3. The van der Waals surface area contributed by atoms with Gasteiger partial charge in [-0.15, -0.1) is 11.3 Å². The van der Waals surface area contributed by atoms with Crippen molar-refractivity contribution in [2.24, 2.45) is 0 Å². The van der Waals surface area contributed by atoms with Gasteiger partial charge in [0, 0.05) is 31.9 Å². The highest BCUT2D eigenvalue weighted by Crippen LogP contribution is 2.37. The van der Waals surface area contributed by atoms with Crippen molar-refractivity contribution in [2.75, 3.05) is 31.1 Å². The summed E-state index contributed by atoms with van der Waals surface area (Å²) in [6, 6.07) is 7.50. The van der Waals surface area contributed by atoms with E-state index in [9.17, 15) is 18.0 Å². The number of anilines is 1. The first-order valence-corrected chi connectivity index (χ1v) is 8.56. The summed E-state index contributed by atoms with van der Waals surface area (Å²) < 4.78 is 38.9. The Morgan fingerprint density at radius 3 is 2.42 bits per heavy atom. The van der Waals surface area contributed by atoms with Crippen molar-refractivity contribution < 1.29 is 18.0 Å². The second-order valence-corrected chi connectivity index (χ2v) is 6.77. The van der Waals surface area contributed by atoms with E-state index in [0.717, 1.165) is 6.07 Å². The zero-order valence-electron chi connectivity index (χ0n) is 12.5. The molecular formula is C16H14ClF3N2OS. The summed E-state index contributed by atoms with van der Waals surface area (Å²) in [7, 11) is 0. The molecule has 1 saturated heterocycles. The van der Waals surface area contributed by atoms with E-state index in [2.05, 4.69) is 0 Å². The van der Waals surface area contributed by atoms with E-state index in [1.165, 1.54) is 17.4 Å². The molecule has 24 heavy (non-hydrogen) atoms. The van der Waals surface area contributed by atoms with Gasteiger partial charge in [0.05, 0.1) is 15.5 Å². The van der Waals surface area contributed by atoms with E-state index in [1.807, 2.05) is 16.3 Å². The molecule has 3 nitrogen and oxygen atoms in total. The van der Waals surface area contributed by atoms with Gasteiger partial charge in [-0.05, 0) is 29.6 Å². The molecule has 1 aliphatic rings. The molecule has 8 heteroatoms. The SMILES string of the molecule is O=C(c1cccs1)N1CCN(c2ccc(Cl)c(C(F)(F)F)c2)CC1. The Hall–Kier alpha value is -1.73. The second kappa shape index (κ2) is 6.64. The molecule has 0 spiro atoms. The summed E-state index contributed by atoms with van der Waals surface area (Å²) in [5, 5.41) is 1.54. The van der Waals surface area contributed by atoms with Gasteiger partial charge < -0.3 is 9.80 Å². The zero-order valence-corrected chi connectivity index (χ0v) is 14.1. The fourth-order valence-electron chi connectivity index (χ4n) is 2.65. The third-order valence-electron chi connectivity index (χ3n) is 3.92. The minimum Gasteiger partial charge on any atom is -0.368 e. The largest absolute Gasteiger partial charge is 0.417 e. The summed E-state index contributed by atoms with van der Waals surface area (Å²) in [5.74, 6) is -0.0308. The van der Waals surface area contributed by atoms with Crippen LogP contribution in [0.4, 0.5) is 18.9 Å². The van der Waals surface area contributed by atoms with Crippen LogP contribution >= 0.6 is 22.9 Å². The minimum atomic E-state index is -4.48. The summed E-state index contributed by atoms with van der Waals surface area (Å²) in [5.41, 5.74) is -0.367. The van der Waals surface area contributed by atoms with Crippen LogP contribution in [-0.2, 0) is 6.18 Å². The first-order chi connectivity index (χ1) is 11.4. The molecule has 0 bridgehead atoms. The van der Waals surface area contributed by atoms with Gasteiger partial charge in [-0.2, -0.15) is 13.2 Å². The molecule has 0 N–H and O–H groups in total. The molecule has 0 unspecified atom stereocenters. The number of rotatable bonds is 2. The van der Waals surface area contributed by atoms with Crippen LogP contribution in [0.5, 0.6) is 0 Å². The summed E-state index contributed by atoms with van der Waals surface area (Å²) in [4.78, 5) is 16.5. The lowest BCUT2D eigenvalue weighted by Gasteiger charge is -2.36. The van der Waals surface area contributed by atoms with Crippen LogP contribution in [0.15, 0.2) is 35.7 Å². The molecule has 2 aromatic rings. The molecule has 3 rings (SSSR count). The topological polar surface area (TPSA) is 23.6 Å². The predicted molar refractivity (Wildman–Crippen MR) is 88.9 cm³/mol. The minimum absolute atomic E-state index is 0.0308. The van der Waals surface area contributed by atoms with Crippen LogP contribution in [0.1, 0.15) is 15.2 Å². The highest BCUT2D eigenvalue weighted by atomic mass is 35.5. The third-order valence-corrected chi connectivity index (χ3v) is 5.11. The Labute approximate surface area is 146 Å². The number of hydrogen-bond donors (Lipinski definition) is 0.